The van der Waals surface area contributed by atoms with E-state index in [9.17, 15) is 5.11 Å². The van der Waals surface area contributed by atoms with Gasteiger partial charge in [0.25, 0.3) is 0 Å². The van der Waals surface area contributed by atoms with Crippen molar-refractivity contribution >= 4 is 0 Å². The molecule has 0 aliphatic carbocycles. The Balaban J connectivity index is 4.42. The first-order valence-corrected chi connectivity index (χ1v) is 4.92. The van der Waals surface area contributed by atoms with E-state index in [-0.39, 0.29) is 12.1 Å². The molecule has 0 saturated carbocycles. The van der Waals surface area contributed by atoms with Gasteiger partial charge in [0.05, 0.1) is 6.61 Å². The lowest BCUT2D eigenvalue weighted by molar-refractivity contribution is 0.0936. The Kier molecular flexibility index (Phi) is 4.80. The molecule has 3 N–H and O–H groups in total. The van der Waals surface area contributed by atoms with E-state index in [1.807, 2.05) is 0 Å². The highest BCUT2D eigenvalue weighted by molar-refractivity contribution is 4.92. The van der Waals surface area contributed by atoms with Crippen LogP contribution in [0.1, 0.15) is 40.5 Å². The van der Waals surface area contributed by atoms with Crippen LogP contribution in [0.2, 0.25) is 0 Å². The summed E-state index contributed by atoms with van der Waals surface area (Å²) < 4.78 is 0. The molecule has 0 aliphatic heterocycles. The van der Waals surface area contributed by atoms with Crippen molar-refractivity contribution in [1.29, 1.82) is 0 Å². The van der Waals surface area contributed by atoms with Gasteiger partial charge in [0.15, 0.2) is 0 Å². The highest BCUT2D eigenvalue weighted by Gasteiger charge is 2.34. The normalized spacial score (nSPS) is 21.5. The second-order valence-corrected chi connectivity index (χ2v) is 3.89. The SMILES string of the molecule is CCC(C)C(N)(CO)C(C)CC. The third kappa shape index (κ3) is 2.20. The molecule has 2 atom stereocenters. The minimum Gasteiger partial charge on any atom is -0.394 e. The molecule has 2 unspecified atom stereocenters. The summed E-state index contributed by atoms with van der Waals surface area (Å²) in [6.45, 7) is 8.55. The zero-order valence-electron chi connectivity index (χ0n) is 8.80. The number of rotatable bonds is 5. The summed E-state index contributed by atoms with van der Waals surface area (Å²) >= 11 is 0. The van der Waals surface area contributed by atoms with Crippen LogP contribution in [-0.4, -0.2) is 17.3 Å². The van der Waals surface area contributed by atoms with Crippen LogP contribution in [0.5, 0.6) is 0 Å². The van der Waals surface area contributed by atoms with E-state index in [0.717, 1.165) is 12.8 Å². The molecule has 0 radical (unpaired) electrons. The Morgan fingerprint density at radius 1 is 1.17 bits per heavy atom. The van der Waals surface area contributed by atoms with Gasteiger partial charge in [0.2, 0.25) is 0 Å². The number of hydrogen-bond donors (Lipinski definition) is 2. The largest absolute Gasteiger partial charge is 0.394 e. The van der Waals surface area contributed by atoms with Crippen LogP contribution in [0, 0.1) is 11.8 Å². The summed E-state index contributed by atoms with van der Waals surface area (Å²) in [5.74, 6) is 0.773. The van der Waals surface area contributed by atoms with Crippen molar-refractivity contribution < 1.29 is 5.11 Å². The highest BCUT2D eigenvalue weighted by Crippen LogP contribution is 2.27. The van der Waals surface area contributed by atoms with Crippen molar-refractivity contribution in [3.05, 3.63) is 0 Å². The number of aliphatic hydroxyl groups excluding tert-OH is 1. The molecule has 2 heteroatoms. The summed E-state index contributed by atoms with van der Waals surface area (Å²) in [6.07, 6.45) is 2.06. The fraction of sp³-hybridized carbons (Fsp3) is 1.00. The van der Waals surface area contributed by atoms with Crippen LogP contribution in [0.25, 0.3) is 0 Å². The molecule has 0 spiro atoms. The lowest BCUT2D eigenvalue weighted by Gasteiger charge is -2.38. The van der Waals surface area contributed by atoms with Crippen molar-refractivity contribution in [2.45, 2.75) is 46.1 Å². The second kappa shape index (κ2) is 4.83. The smallest absolute Gasteiger partial charge is 0.0616 e. The van der Waals surface area contributed by atoms with Crippen LogP contribution in [0.4, 0.5) is 0 Å². The summed E-state index contributed by atoms with van der Waals surface area (Å²) in [6, 6.07) is 0. The molecular formula is C10H23NO. The lowest BCUT2D eigenvalue weighted by Crippen LogP contribution is -2.54. The fourth-order valence-corrected chi connectivity index (χ4v) is 1.56. The predicted octanol–water partition coefficient (Wildman–Crippen LogP) is 1.77. The molecule has 0 amide bonds. The minimum atomic E-state index is -0.385. The van der Waals surface area contributed by atoms with Gasteiger partial charge in [-0.05, 0) is 11.8 Å². The van der Waals surface area contributed by atoms with E-state index >= 15 is 0 Å². The molecule has 12 heavy (non-hydrogen) atoms. The topological polar surface area (TPSA) is 46.2 Å². The first kappa shape index (κ1) is 11.9. The molecular weight excluding hydrogens is 150 g/mol. The molecule has 0 bridgehead atoms. The Bertz CT molecular complexity index is 115. The maximum Gasteiger partial charge on any atom is 0.0616 e. The van der Waals surface area contributed by atoms with Gasteiger partial charge in [-0.25, -0.2) is 0 Å². The number of hydrogen-bond acceptors (Lipinski definition) is 2. The Morgan fingerprint density at radius 2 is 1.50 bits per heavy atom. The standard InChI is InChI=1S/C10H23NO/c1-5-8(3)10(11,7-12)9(4)6-2/h8-9,12H,5-7,11H2,1-4H3. The molecule has 0 fully saturated rings. The van der Waals surface area contributed by atoms with Crippen molar-refractivity contribution in [2.75, 3.05) is 6.61 Å². The van der Waals surface area contributed by atoms with Gasteiger partial charge in [-0.3, -0.25) is 0 Å². The van der Waals surface area contributed by atoms with E-state index in [4.69, 9.17) is 5.73 Å². The van der Waals surface area contributed by atoms with Crippen molar-refractivity contribution in [2.24, 2.45) is 17.6 Å². The second-order valence-electron chi connectivity index (χ2n) is 3.89. The van der Waals surface area contributed by atoms with Crippen LogP contribution in [-0.2, 0) is 0 Å². The molecule has 0 aromatic rings. The predicted molar refractivity (Wildman–Crippen MR) is 52.9 cm³/mol. The Hall–Kier alpha value is -0.0800. The van der Waals surface area contributed by atoms with Gasteiger partial charge in [0, 0.05) is 5.54 Å². The molecule has 0 rings (SSSR count). The Labute approximate surface area is 76.2 Å². The van der Waals surface area contributed by atoms with Gasteiger partial charge in [-0.15, -0.1) is 0 Å². The van der Waals surface area contributed by atoms with E-state index in [1.54, 1.807) is 0 Å². The lowest BCUT2D eigenvalue weighted by atomic mass is 9.74. The van der Waals surface area contributed by atoms with E-state index in [2.05, 4.69) is 27.7 Å². The molecule has 0 aromatic heterocycles. The van der Waals surface area contributed by atoms with E-state index < -0.39 is 0 Å². The zero-order chi connectivity index (χ0) is 9.78. The first-order valence-electron chi connectivity index (χ1n) is 4.92. The van der Waals surface area contributed by atoms with Crippen LogP contribution >= 0.6 is 0 Å². The van der Waals surface area contributed by atoms with Crippen molar-refractivity contribution in [3.8, 4) is 0 Å². The fourth-order valence-electron chi connectivity index (χ4n) is 1.56. The number of aliphatic hydroxyl groups is 1. The zero-order valence-corrected chi connectivity index (χ0v) is 8.80. The van der Waals surface area contributed by atoms with Crippen LogP contribution in [0.15, 0.2) is 0 Å². The van der Waals surface area contributed by atoms with Gasteiger partial charge >= 0.3 is 0 Å². The molecule has 0 aliphatic rings. The van der Waals surface area contributed by atoms with Crippen molar-refractivity contribution in [1.82, 2.24) is 0 Å². The molecule has 0 aromatic carbocycles. The highest BCUT2D eigenvalue weighted by atomic mass is 16.3. The summed E-state index contributed by atoms with van der Waals surface area (Å²) in [7, 11) is 0. The number of nitrogens with two attached hydrogens (primary N) is 1. The molecule has 2 nitrogen and oxygen atoms in total. The van der Waals surface area contributed by atoms with Gasteiger partial charge in [-0.2, -0.15) is 0 Å². The van der Waals surface area contributed by atoms with E-state index in [0.29, 0.717) is 11.8 Å². The summed E-state index contributed by atoms with van der Waals surface area (Å²) in [5, 5.41) is 9.26. The monoisotopic (exact) mass is 173 g/mol. The first-order chi connectivity index (χ1) is 5.52. The third-order valence-electron chi connectivity index (χ3n) is 3.33. The van der Waals surface area contributed by atoms with Gasteiger partial charge in [-0.1, -0.05) is 40.5 Å². The third-order valence-corrected chi connectivity index (χ3v) is 3.33. The molecule has 74 valence electrons. The van der Waals surface area contributed by atoms with Gasteiger partial charge in [0.1, 0.15) is 0 Å². The van der Waals surface area contributed by atoms with Crippen LogP contribution in [0.3, 0.4) is 0 Å². The van der Waals surface area contributed by atoms with Gasteiger partial charge < -0.3 is 10.8 Å². The van der Waals surface area contributed by atoms with Crippen molar-refractivity contribution in [3.63, 3.8) is 0 Å². The van der Waals surface area contributed by atoms with E-state index in [1.165, 1.54) is 0 Å². The average Bonchev–Trinajstić information content (AvgIpc) is 2.13. The minimum absolute atomic E-state index is 0.0943. The average molecular weight is 173 g/mol. The Morgan fingerprint density at radius 3 is 1.67 bits per heavy atom. The summed E-state index contributed by atoms with van der Waals surface area (Å²) in [4.78, 5) is 0. The molecule has 0 saturated heterocycles. The maximum absolute atomic E-state index is 9.26. The quantitative estimate of drug-likeness (QED) is 0.665. The van der Waals surface area contributed by atoms with Crippen LogP contribution < -0.4 is 5.73 Å². The maximum atomic E-state index is 9.26. The molecule has 0 heterocycles. The summed E-state index contributed by atoms with van der Waals surface area (Å²) in [5.41, 5.74) is 5.77.